The number of nitrogens with zero attached hydrogens (tertiary/aromatic N) is 3. The fraction of sp³-hybridized carbons (Fsp3) is 0.286. The van der Waals surface area contributed by atoms with Gasteiger partial charge >= 0.3 is 0 Å². The van der Waals surface area contributed by atoms with Gasteiger partial charge in [-0.3, -0.25) is 4.98 Å². The molecule has 1 aromatic carbocycles. The minimum Gasteiger partial charge on any atom is -0.454 e. The number of piperazine rings is 1. The van der Waals surface area contributed by atoms with E-state index in [1.807, 2.05) is 36.7 Å². The number of nitriles is 1. The summed E-state index contributed by atoms with van der Waals surface area (Å²) in [6.45, 7) is 5.07. The summed E-state index contributed by atoms with van der Waals surface area (Å²) in [7, 11) is 0. The van der Waals surface area contributed by atoms with Crippen molar-refractivity contribution in [3.05, 3.63) is 53.9 Å². The largest absolute Gasteiger partial charge is 0.454 e. The van der Waals surface area contributed by atoms with Gasteiger partial charge in [-0.2, -0.15) is 5.26 Å². The second-order valence-electron chi connectivity index (χ2n) is 7.21. The van der Waals surface area contributed by atoms with E-state index in [4.69, 9.17) is 9.47 Å². The molecule has 28 heavy (non-hydrogen) atoms. The number of quaternary nitrogens is 1. The summed E-state index contributed by atoms with van der Waals surface area (Å²) in [5.74, 6) is 2.35. The van der Waals surface area contributed by atoms with Gasteiger partial charge in [0.05, 0.1) is 0 Å². The van der Waals surface area contributed by atoms with Gasteiger partial charge in [0.1, 0.15) is 49.9 Å². The average molecular weight is 375 g/mol. The minimum absolute atomic E-state index is 0.241. The molecule has 0 atom stereocenters. The van der Waals surface area contributed by atoms with Crippen molar-refractivity contribution < 1.29 is 19.4 Å². The van der Waals surface area contributed by atoms with Crippen LogP contribution in [0.25, 0.3) is 10.9 Å². The first-order valence-electron chi connectivity index (χ1n) is 9.47. The molecule has 2 aliphatic heterocycles. The number of hydrogen-bond donors (Lipinski definition) is 1. The Kier molecular flexibility index (Phi) is 4.18. The Labute approximate surface area is 162 Å². The number of fused-ring (bicyclic) bond motifs is 2. The molecule has 0 unspecified atom stereocenters. The molecule has 0 spiro atoms. The van der Waals surface area contributed by atoms with E-state index in [0.29, 0.717) is 5.56 Å². The zero-order valence-corrected chi connectivity index (χ0v) is 15.4. The van der Waals surface area contributed by atoms with Gasteiger partial charge in [0.25, 0.3) is 5.82 Å². The lowest BCUT2D eigenvalue weighted by Crippen LogP contribution is -3.13. The third-order valence-corrected chi connectivity index (χ3v) is 5.44. The second-order valence-corrected chi connectivity index (χ2v) is 7.21. The molecule has 0 saturated carbocycles. The lowest BCUT2D eigenvalue weighted by Gasteiger charge is -2.28. The van der Waals surface area contributed by atoms with Crippen LogP contribution in [0, 0.1) is 11.3 Å². The van der Waals surface area contributed by atoms with Gasteiger partial charge in [0.15, 0.2) is 11.5 Å². The van der Waals surface area contributed by atoms with E-state index in [1.54, 1.807) is 0 Å². The van der Waals surface area contributed by atoms with Gasteiger partial charge in [-0.25, -0.2) is 9.88 Å². The highest BCUT2D eigenvalue weighted by molar-refractivity contribution is 5.83. The van der Waals surface area contributed by atoms with Gasteiger partial charge in [0.2, 0.25) is 6.79 Å². The van der Waals surface area contributed by atoms with Crippen LogP contribution in [0.4, 0.5) is 5.82 Å². The van der Waals surface area contributed by atoms with Crippen LogP contribution in [-0.2, 0) is 6.54 Å². The van der Waals surface area contributed by atoms with Crippen LogP contribution in [0.15, 0.2) is 42.7 Å². The van der Waals surface area contributed by atoms with E-state index in [2.05, 4.69) is 27.0 Å². The van der Waals surface area contributed by atoms with Gasteiger partial charge in [0, 0.05) is 29.4 Å². The fourth-order valence-electron chi connectivity index (χ4n) is 3.95. The molecule has 4 heterocycles. The van der Waals surface area contributed by atoms with E-state index in [9.17, 15) is 5.26 Å². The third kappa shape index (κ3) is 3.08. The molecule has 2 aliphatic rings. The molecule has 3 aromatic rings. The molecule has 0 bridgehead atoms. The summed E-state index contributed by atoms with van der Waals surface area (Å²) in [6, 6.07) is 12.3. The Balaban J connectivity index is 1.37. The van der Waals surface area contributed by atoms with Crippen LogP contribution in [-0.4, -0.2) is 38.0 Å². The molecule has 2 aromatic heterocycles. The summed E-state index contributed by atoms with van der Waals surface area (Å²) < 4.78 is 10.9. The molecule has 7 heteroatoms. The van der Waals surface area contributed by atoms with E-state index in [0.717, 1.165) is 60.9 Å². The second kappa shape index (κ2) is 6.98. The molecule has 2 N–H and O–H groups in total. The van der Waals surface area contributed by atoms with Crippen LogP contribution in [0.3, 0.4) is 0 Å². The first kappa shape index (κ1) is 16.8. The number of nitrogens with one attached hydrogen (secondary N) is 2. The number of benzene rings is 1. The zero-order valence-electron chi connectivity index (χ0n) is 15.4. The Morgan fingerprint density at radius 2 is 2.00 bits per heavy atom. The molecule has 5 rings (SSSR count). The van der Waals surface area contributed by atoms with E-state index in [1.165, 1.54) is 10.5 Å². The van der Waals surface area contributed by atoms with E-state index in [-0.39, 0.29) is 6.79 Å². The van der Waals surface area contributed by atoms with Crippen molar-refractivity contribution in [3.63, 3.8) is 0 Å². The Morgan fingerprint density at radius 3 is 2.75 bits per heavy atom. The number of aromatic nitrogens is 2. The van der Waals surface area contributed by atoms with Crippen molar-refractivity contribution >= 4 is 16.7 Å². The number of pyridine rings is 2. The van der Waals surface area contributed by atoms with E-state index >= 15 is 0 Å². The summed E-state index contributed by atoms with van der Waals surface area (Å²) in [4.78, 5) is 11.5. The van der Waals surface area contributed by atoms with Gasteiger partial charge < -0.3 is 14.4 Å². The summed E-state index contributed by atoms with van der Waals surface area (Å²) >= 11 is 0. The minimum atomic E-state index is 0.241. The van der Waals surface area contributed by atoms with Crippen molar-refractivity contribution in [2.45, 2.75) is 6.54 Å². The predicted molar refractivity (Wildman–Crippen MR) is 102 cm³/mol. The number of H-pyrrole nitrogens is 1. The number of aromatic amines is 1. The smallest absolute Gasteiger partial charge is 0.293 e. The average Bonchev–Trinajstić information content (AvgIpc) is 3.19. The summed E-state index contributed by atoms with van der Waals surface area (Å²) in [5, 5.41) is 10.6. The lowest BCUT2D eigenvalue weighted by atomic mass is 10.1. The van der Waals surface area contributed by atoms with Gasteiger partial charge in [-0.1, -0.05) is 6.07 Å². The Hall–Kier alpha value is -3.37. The molecular weight excluding hydrogens is 354 g/mol. The van der Waals surface area contributed by atoms with Crippen molar-refractivity contribution in [3.8, 4) is 17.6 Å². The number of ether oxygens (including phenoxy) is 2. The molecule has 1 saturated heterocycles. The Bertz CT molecular complexity index is 1060. The zero-order chi connectivity index (χ0) is 18.9. The summed E-state index contributed by atoms with van der Waals surface area (Å²) in [5.41, 5.74) is 2.86. The maximum Gasteiger partial charge on any atom is 0.293 e. The van der Waals surface area contributed by atoms with Crippen molar-refractivity contribution in [1.29, 1.82) is 5.26 Å². The number of hydrogen-bond acceptors (Lipinski definition) is 5. The van der Waals surface area contributed by atoms with Crippen molar-refractivity contribution in [1.82, 2.24) is 4.98 Å². The first-order valence-corrected chi connectivity index (χ1v) is 9.47. The van der Waals surface area contributed by atoms with Crippen molar-refractivity contribution in [2.24, 2.45) is 0 Å². The van der Waals surface area contributed by atoms with Crippen LogP contribution in [0.5, 0.6) is 11.5 Å². The van der Waals surface area contributed by atoms with Gasteiger partial charge in [-0.05, 0) is 18.2 Å². The highest BCUT2D eigenvalue weighted by atomic mass is 16.7. The Morgan fingerprint density at radius 1 is 1.18 bits per heavy atom. The predicted octanol–water partition coefficient (Wildman–Crippen LogP) is 0.554. The fourth-order valence-corrected chi connectivity index (χ4v) is 3.95. The molecular formula is C21H21N5O2+2. The molecule has 140 valence electrons. The standard InChI is InChI=1S/C21H19N5O2/c22-11-17-8-16-9-19-20(28-14-27-19)10-18(16)24-21(17)26-6-4-25(5-7-26)13-15-2-1-3-23-12-15/h1-3,8-10,12H,4-7,13-14H2/p+2. The van der Waals surface area contributed by atoms with Crippen molar-refractivity contribution in [2.75, 3.05) is 37.9 Å². The van der Waals surface area contributed by atoms with E-state index < -0.39 is 0 Å². The molecule has 1 fully saturated rings. The monoisotopic (exact) mass is 375 g/mol. The van der Waals surface area contributed by atoms with Crippen LogP contribution >= 0.6 is 0 Å². The maximum absolute atomic E-state index is 9.68. The number of rotatable bonds is 3. The molecule has 7 nitrogen and oxygen atoms in total. The highest BCUT2D eigenvalue weighted by Gasteiger charge is 2.29. The van der Waals surface area contributed by atoms with Crippen LogP contribution < -0.4 is 24.3 Å². The van der Waals surface area contributed by atoms with Crippen LogP contribution in [0.2, 0.25) is 0 Å². The highest BCUT2D eigenvalue weighted by Crippen LogP contribution is 2.35. The normalized spacial score (nSPS) is 16.3. The van der Waals surface area contributed by atoms with Gasteiger partial charge in [-0.15, -0.1) is 0 Å². The third-order valence-electron chi connectivity index (χ3n) is 5.44. The van der Waals surface area contributed by atoms with Crippen LogP contribution in [0.1, 0.15) is 11.1 Å². The first-order chi connectivity index (χ1) is 13.8. The molecule has 0 aliphatic carbocycles. The molecule has 0 amide bonds. The number of anilines is 1. The maximum atomic E-state index is 9.68. The topological polar surface area (TPSA) is 77.0 Å². The SMILES string of the molecule is N#Cc1cc2cc3c(cc2[nH+]c1N1CC[NH+](Cc2cccnc2)CC1)OCO3. The lowest BCUT2D eigenvalue weighted by molar-refractivity contribution is -0.914. The molecule has 0 radical (unpaired) electrons. The summed E-state index contributed by atoms with van der Waals surface area (Å²) in [6.07, 6.45) is 3.75. The quantitative estimate of drug-likeness (QED) is 0.724.